The predicted molar refractivity (Wildman–Crippen MR) is 180 cm³/mol. The zero-order valence-corrected chi connectivity index (χ0v) is 30.2. The third-order valence-corrected chi connectivity index (χ3v) is 7.29. The quantitative estimate of drug-likeness (QED) is 0.0839. The zero-order valence-electron chi connectivity index (χ0n) is 30.2. The molecule has 0 spiro atoms. The summed E-state index contributed by atoms with van der Waals surface area (Å²) in [5.41, 5.74) is 0.263. The normalized spacial score (nSPS) is 11.2. The predicted octanol–water partition coefficient (Wildman–Crippen LogP) is 3.12. The number of carbonyl (C=O) groups excluding carboxylic acids is 5. The van der Waals surface area contributed by atoms with Gasteiger partial charge in [0.2, 0.25) is 29.5 Å². The summed E-state index contributed by atoms with van der Waals surface area (Å²) < 4.78 is 0. The molecule has 0 saturated carbocycles. The molecule has 0 aliphatic heterocycles. The van der Waals surface area contributed by atoms with Crippen molar-refractivity contribution in [3.8, 4) is 0 Å². The van der Waals surface area contributed by atoms with Crippen LogP contribution in [0.3, 0.4) is 0 Å². The summed E-state index contributed by atoms with van der Waals surface area (Å²) in [6, 6.07) is 0. The van der Waals surface area contributed by atoms with Gasteiger partial charge >= 0.3 is 0 Å². The third-order valence-electron chi connectivity index (χ3n) is 7.29. The van der Waals surface area contributed by atoms with E-state index < -0.39 is 0 Å². The Morgan fingerprint density at radius 2 is 0.915 bits per heavy atom. The molecular formula is C33H64N6O8. The van der Waals surface area contributed by atoms with Gasteiger partial charge in [-0.1, -0.05) is 27.2 Å². The fourth-order valence-electron chi connectivity index (χ4n) is 4.60. The van der Waals surface area contributed by atoms with Crippen molar-refractivity contribution in [3.63, 3.8) is 0 Å². The van der Waals surface area contributed by atoms with Crippen LogP contribution in [0.2, 0.25) is 0 Å². The van der Waals surface area contributed by atoms with Crippen LogP contribution in [0.5, 0.6) is 0 Å². The standard InChI is InChI=1S/C33H64N6O8/c1-28(40)37(45-5)24-14-9-12-22-35-29(41)18-20-32(44)39(47-7)26-16-10-13-23-36-30(42)17-19-31(43)38(46-6)25-15-8-11-21-34-27-33(2,3)4/h34H,8-27H2,1-7H3,(H,35,41)(H,36,42). The number of carbonyl (C=O) groups is 5. The van der Waals surface area contributed by atoms with Crippen molar-refractivity contribution < 1.29 is 38.5 Å². The van der Waals surface area contributed by atoms with Crippen molar-refractivity contribution >= 4 is 29.5 Å². The highest BCUT2D eigenvalue weighted by atomic mass is 16.7. The van der Waals surface area contributed by atoms with Crippen LogP contribution in [0.25, 0.3) is 0 Å². The maximum Gasteiger partial charge on any atom is 0.246 e. The summed E-state index contributed by atoms with van der Waals surface area (Å²) in [4.78, 5) is 75.9. The molecule has 0 heterocycles. The van der Waals surface area contributed by atoms with Gasteiger partial charge in [-0.25, -0.2) is 15.2 Å². The highest BCUT2D eigenvalue weighted by molar-refractivity contribution is 5.83. The minimum atomic E-state index is -0.261. The van der Waals surface area contributed by atoms with E-state index in [0.29, 0.717) is 39.1 Å². The molecule has 0 bridgehead atoms. The zero-order chi connectivity index (χ0) is 35.5. The molecule has 5 amide bonds. The van der Waals surface area contributed by atoms with E-state index in [9.17, 15) is 24.0 Å². The largest absolute Gasteiger partial charge is 0.356 e. The van der Waals surface area contributed by atoms with Crippen molar-refractivity contribution in [1.29, 1.82) is 0 Å². The first-order valence-corrected chi connectivity index (χ1v) is 17.1. The van der Waals surface area contributed by atoms with E-state index in [1.807, 2.05) is 0 Å². The minimum absolute atomic E-state index is 0.0471. The molecule has 274 valence electrons. The van der Waals surface area contributed by atoms with Gasteiger partial charge in [-0.15, -0.1) is 0 Å². The summed E-state index contributed by atoms with van der Waals surface area (Å²) in [5.74, 6) is -0.987. The van der Waals surface area contributed by atoms with E-state index in [1.54, 1.807) is 0 Å². The topological polar surface area (TPSA) is 159 Å². The summed E-state index contributed by atoms with van der Waals surface area (Å²) in [5, 5.41) is 13.0. The van der Waals surface area contributed by atoms with Crippen LogP contribution < -0.4 is 16.0 Å². The molecule has 0 rings (SSSR count). The Morgan fingerprint density at radius 1 is 0.532 bits per heavy atom. The molecule has 0 unspecified atom stereocenters. The van der Waals surface area contributed by atoms with E-state index in [-0.39, 0.29) is 60.6 Å². The number of nitrogens with zero attached hydrogens (tertiary/aromatic N) is 3. The van der Waals surface area contributed by atoms with Gasteiger partial charge in [0.05, 0.1) is 21.3 Å². The lowest BCUT2D eigenvalue weighted by Gasteiger charge is -2.20. The highest BCUT2D eigenvalue weighted by Gasteiger charge is 2.16. The molecule has 14 heteroatoms. The Morgan fingerprint density at radius 3 is 1.28 bits per heavy atom. The maximum absolute atomic E-state index is 12.5. The Labute approximate surface area is 282 Å². The molecule has 47 heavy (non-hydrogen) atoms. The molecule has 0 atom stereocenters. The Bertz CT molecular complexity index is 899. The molecule has 0 aliphatic carbocycles. The van der Waals surface area contributed by atoms with Crippen molar-refractivity contribution in [2.75, 3.05) is 67.1 Å². The molecular weight excluding hydrogens is 608 g/mol. The maximum atomic E-state index is 12.5. The van der Waals surface area contributed by atoms with E-state index in [4.69, 9.17) is 14.5 Å². The number of unbranched alkanes of at least 4 members (excludes halogenated alkanes) is 6. The van der Waals surface area contributed by atoms with Gasteiger partial charge in [-0.05, 0) is 69.9 Å². The van der Waals surface area contributed by atoms with Gasteiger partial charge in [-0.3, -0.25) is 38.5 Å². The highest BCUT2D eigenvalue weighted by Crippen LogP contribution is 2.10. The lowest BCUT2D eigenvalue weighted by atomic mass is 9.97. The first-order chi connectivity index (χ1) is 22.3. The van der Waals surface area contributed by atoms with E-state index in [1.165, 1.54) is 43.4 Å². The Balaban J connectivity index is 3.97. The summed E-state index contributed by atoms with van der Waals surface area (Å²) >= 11 is 0. The molecule has 3 N–H and O–H groups in total. The second kappa shape index (κ2) is 27.2. The fourth-order valence-corrected chi connectivity index (χ4v) is 4.60. The molecule has 0 aliphatic rings. The van der Waals surface area contributed by atoms with E-state index in [0.717, 1.165) is 64.5 Å². The fraction of sp³-hybridized carbons (Fsp3) is 0.848. The van der Waals surface area contributed by atoms with Crippen LogP contribution in [0.4, 0.5) is 0 Å². The number of rotatable bonds is 28. The van der Waals surface area contributed by atoms with Gasteiger partial charge in [0, 0.05) is 65.3 Å². The van der Waals surface area contributed by atoms with Crippen LogP contribution >= 0.6 is 0 Å². The number of amides is 5. The van der Waals surface area contributed by atoms with Gasteiger partial charge < -0.3 is 16.0 Å². The third kappa shape index (κ3) is 25.0. The average molecular weight is 673 g/mol. The first-order valence-electron chi connectivity index (χ1n) is 17.1. The average Bonchev–Trinajstić information content (AvgIpc) is 3.02. The Kier molecular flexibility index (Phi) is 25.5. The van der Waals surface area contributed by atoms with Gasteiger partial charge in [-0.2, -0.15) is 0 Å². The van der Waals surface area contributed by atoms with Gasteiger partial charge in [0.15, 0.2) is 0 Å². The molecule has 0 radical (unpaired) electrons. The van der Waals surface area contributed by atoms with Crippen molar-refractivity contribution in [1.82, 2.24) is 31.1 Å². The van der Waals surface area contributed by atoms with Crippen molar-refractivity contribution in [3.05, 3.63) is 0 Å². The summed E-state index contributed by atoms with van der Waals surface area (Å²) in [7, 11) is 4.35. The molecule has 0 aromatic carbocycles. The monoisotopic (exact) mass is 672 g/mol. The first kappa shape index (κ1) is 44.2. The van der Waals surface area contributed by atoms with Crippen LogP contribution in [-0.2, 0) is 38.5 Å². The number of hydroxylamine groups is 6. The molecule has 0 aromatic heterocycles. The number of hydrogen-bond donors (Lipinski definition) is 3. The van der Waals surface area contributed by atoms with E-state index >= 15 is 0 Å². The van der Waals surface area contributed by atoms with Crippen LogP contribution in [0.15, 0.2) is 0 Å². The number of hydrogen-bond acceptors (Lipinski definition) is 9. The second-order valence-corrected chi connectivity index (χ2v) is 12.8. The molecule has 0 aromatic rings. The van der Waals surface area contributed by atoms with Crippen LogP contribution in [-0.4, -0.2) is 112 Å². The van der Waals surface area contributed by atoms with Crippen molar-refractivity contribution in [2.24, 2.45) is 5.41 Å². The Hall–Kier alpha value is -2.81. The van der Waals surface area contributed by atoms with Crippen LogP contribution in [0.1, 0.15) is 111 Å². The van der Waals surface area contributed by atoms with Gasteiger partial charge in [0.1, 0.15) is 0 Å². The van der Waals surface area contributed by atoms with Crippen LogP contribution in [0, 0.1) is 5.41 Å². The smallest absolute Gasteiger partial charge is 0.246 e. The number of nitrogens with one attached hydrogen (secondary N) is 3. The van der Waals surface area contributed by atoms with Gasteiger partial charge in [0.25, 0.3) is 0 Å². The van der Waals surface area contributed by atoms with E-state index in [2.05, 4.69) is 36.7 Å². The molecule has 0 saturated heterocycles. The van der Waals surface area contributed by atoms with Crippen molar-refractivity contribution in [2.45, 2.75) is 111 Å². The summed E-state index contributed by atoms with van der Waals surface area (Å²) in [6.45, 7) is 12.3. The lowest BCUT2D eigenvalue weighted by molar-refractivity contribution is -0.177. The summed E-state index contributed by atoms with van der Waals surface area (Å²) in [6.07, 6.45) is 7.71. The minimum Gasteiger partial charge on any atom is -0.356 e. The SMILES string of the molecule is CON(CCCCCNC(=O)CCC(=O)N(CCCCCNC(=O)CCC(=O)N(CCCCCNCC(C)(C)C)OC)OC)C(C)=O. The molecule has 14 nitrogen and oxygen atoms in total. The second-order valence-electron chi connectivity index (χ2n) is 12.8. The molecule has 0 fully saturated rings. The lowest BCUT2D eigenvalue weighted by Crippen LogP contribution is -2.33.